The molecule has 0 aliphatic rings. The van der Waals surface area contributed by atoms with E-state index in [0.717, 1.165) is 40.2 Å². The Morgan fingerprint density at radius 1 is 1.26 bits per heavy atom. The molecule has 0 aliphatic carbocycles. The van der Waals surface area contributed by atoms with Crippen LogP contribution in [-0.2, 0) is 18.7 Å². The molecule has 0 fully saturated rings. The lowest BCUT2D eigenvalue weighted by Gasteiger charge is -2.09. The number of aromatic nitrogens is 3. The first-order valence-corrected chi connectivity index (χ1v) is 10.5. The molecule has 4 aromatic rings. The number of thioether (sulfide) groups is 1. The van der Waals surface area contributed by atoms with Crippen LogP contribution in [0, 0.1) is 13.8 Å². The Balaban J connectivity index is 1.55. The van der Waals surface area contributed by atoms with Crippen molar-refractivity contribution in [2.24, 2.45) is 0 Å². The van der Waals surface area contributed by atoms with Crippen LogP contribution in [0.4, 0.5) is 0 Å². The van der Waals surface area contributed by atoms with Crippen LogP contribution in [-0.4, -0.2) is 14.8 Å². The normalized spacial score (nSPS) is 11.3. The highest BCUT2D eigenvalue weighted by Crippen LogP contribution is 2.28. The van der Waals surface area contributed by atoms with Crippen LogP contribution in [0.25, 0.3) is 11.0 Å². The van der Waals surface area contributed by atoms with Gasteiger partial charge in [0, 0.05) is 28.6 Å². The standard InChI is InChI=1S/C20H19N3O2S2/c1-13-5-6-17-15(10-18(24)25-19(17)14(13)2)11-27-20-22-21-12-23(20)8-7-16-4-3-9-26-16/h3-6,9-10,12H,7-8,11H2,1-2H3. The van der Waals surface area contributed by atoms with Crippen molar-refractivity contribution < 1.29 is 4.42 Å². The highest BCUT2D eigenvalue weighted by atomic mass is 32.2. The summed E-state index contributed by atoms with van der Waals surface area (Å²) in [6.45, 7) is 4.84. The maximum Gasteiger partial charge on any atom is 0.336 e. The number of hydrogen-bond donors (Lipinski definition) is 0. The minimum atomic E-state index is -0.314. The third kappa shape index (κ3) is 3.84. The fourth-order valence-corrected chi connectivity index (χ4v) is 4.61. The molecule has 0 saturated heterocycles. The summed E-state index contributed by atoms with van der Waals surface area (Å²) in [4.78, 5) is 13.4. The number of nitrogens with zero attached hydrogens (tertiary/aromatic N) is 3. The van der Waals surface area contributed by atoms with Crippen molar-refractivity contribution in [1.29, 1.82) is 0 Å². The molecule has 0 amide bonds. The summed E-state index contributed by atoms with van der Waals surface area (Å²) < 4.78 is 7.52. The Morgan fingerprint density at radius 2 is 2.15 bits per heavy atom. The molecule has 3 heterocycles. The second-order valence-corrected chi connectivity index (χ2v) is 8.37. The van der Waals surface area contributed by atoms with E-state index in [1.807, 2.05) is 19.9 Å². The molecule has 7 heteroatoms. The van der Waals surface area contributed by atoms with Gasteiger partial charge in [-0.1, -0.05) is 30.0 Å². The van der Waals surface area contributed by atoms with Gasteiger partial charge in [0.2, 0.25) is 0 Å². The van der Waals surface area contributed by atoms with Gasteiger partial charge in [0.25, 0.3) is 0 Å². The van der Waals surface area contributed by atoms with E-state index < -0.39 is 0 Å². The Bertz CT molecular complexity index is 1130. The Morgan fingerprint density at radius 3 is 2.96 bits per heavy atom. The van der Waals surface area contributed by atoms with Gasteiger partial charge in [0.05, 0.1) is 0 Å². The lowest BCUT2D eigenvalue weighted by Crippen LogP contribution is -2.03. The molecule has 0 spiro atoms. The van der Waals surface area contributed by atoms with E-state index in [4.69, 9.17) is 4.42 Å². The molecule has 0 unspecified atom stereocenters. The lowest BCUT2D eigenvalue weighted by molar-refractivity contribution is 0.557. The molecule has 0 bridgehead atoms. The Kier molecular flexibility index (Phi) is 5.13. The molecule has 0 radical (unpaired) electrons. The topological polar surface area (TPSA) is 60.9 Å². The second kappa shape index (κ2) is 7.70. The molecule has 0 atom stereocenters. The van der Waals surface area contributed by atoms with E-state index in [9.17, 15) is 4.79 Å². The van der Waals surface area contributed by atoms with Crippen LogP contribution in [0.2, 0.25) is 0 Å². The molecule has 1 aromatic carbocycles. The van der Waals surface area contributed by atoms with Gasteiger partial charge in [-0.2, -0.15) is 0 Å². The summed E-state index contributed by atoms with van der Waals surface area (Å²) in [6.07, 6.45) is 2.72. The van der Waals surface area contributed by atoms with E-state index in [2.05, 4.69) is 38.3 Å². The zero-order valence-electron chi connectivity index (χ0n) is 15.1. The van der Waals surface area contributed by atoms with Gasteiger partial charge in [-0.25, -0.2) is 4.79 Å². The van der Waals surface area contributed by atoms with E-state index >= 15 is 0 Å². The maximum atomic E-state index is 12.0. The molecule has 0 saturated carbocycles. The van der Waals surface area contributed by atoms with Gasteiger partial charge in [0.15, 0.2) is 5.16 Å². The number of rotatable bonds is 6. The van der Waals surface area contributed by atoms with Crippen molar-refractivity contribution in [3.8, 4) is 0 Å². The predicted octanol–water partition coefficient (Wildman–Crippen LogP) is 4.60. The number of aryl methyl sites for hydroxylation is 4. The molecular formula is C20H19N3O2S2. The summed E-state index contributed by atoms with van der Waals surface area (Å²) >= 11 is 3.35. The van der Waals surface area contributed by atoms with Crippen LogP contribution in [0.3, 0.4) is 0 Å². The van der Waals surface area contributed by atoms with Gasteiger partial charge >= 0.3 is 5.63 Å². The Hall–Kier alpha value is -2.38. The lowest BCUT2D eigenvalue weighted by atomic mass is 10.0. The van der Waals surface area contributed by atoms with Gasteiger partial charge in [-0.15, -0.1) is 21.5 Å². The maximum absolute atomic E-state index is 12.0. The van der Waals surface area contributed by atoms with Crippen molar-refractivity contribution in [1.82, 2.24) is 14.8 Å². The third-order valence-electron chi connectivity index (χ3n) is 4.63. The van der Waals surface area contributed by atoms with E-state index in [1.54, 1.807) is 35.5 Å². The fraction of sp³-hybridized carbons (Fsp3) is 0.250. The van der Waals surface area contributed by atoms with Gasteiger partial charge in [-0.05, 0) is 48.4 Å². The monoisotopic (exact) mass is 397 g/mol. The minimum Gasteiger partial charge on any atom is -0.422 e. The smallest absolute Gasteiger partial charge is 0.336 e. The van der Waals surface area contributed by atoms with Gasteiger partial charge in [-0.3, -0.25) is 0 Å². The van der Waals surface area contributed by atoms with Crippen LogP contribution in [0.5, 0.6) is 0 Å². The minimum absolute atomic E-state index is 0.314. The largest absolute Gasteiger partial charge is 0.422 e. The van der Waals surface area contributed by atoms with Crippen LogP contribution >= 0.6 is 23.1 Å². The molecule has 138 valence electrons. The predicted molar refractivity (Wildman–Crippen MR) is 110 cm³/mol. The highest BCUT2D eigenvalue weighted by Gasteiger charge is 2.12. The van der Waals surface area contributed by atoms with Crippen molar-refractivity contribution in [3.63, 3.8) is 0 Å². The summed E-state index contributed by atoms with van der Waals surface area (Å²) in [7, 11) is 0. The molecular weight excluding hydrogens is 378 g/mol. The average Bonchev–Trinajstić information content (AvgIpc) is 3.33. The average molecular weight is 398 g/mol. The van der Waals surface area contributed by atoms with E-state index in [1.165, 1.54) is 4.88 Å². The number of hydrogen-bond acceptors (Lipinski definition) is 6. The van der Waals surface area contributed by atoms with Crippen molar-refractivity contribution in [2.45, 2.75) is 37.7 Å². The van der Waals surface area contributed by atoms with Crippen molar-refractivity contribution in [2.75, 3.05) is 0 Å². The van der Waals surface area contributed by atoms with E-state index in [0.29, 0.717) is 11.3 Å². The number of benzene rings is 1. The van der Waals surface area contributed by atoms with Crippen molar-refractivity contribution >= 4 is 34.1 Å². The van der Waals surface area contributed by atoms with Crippen LogP contribution in [0.1, 0.15) is 21.6 Å². The van der Waals surface area contributed by atoms with Crippen LogP contribution < -0.4 is 5.63 Å². The molecule has 0 N–H and O–H groups in total. The summed E-state index contributed by atoms with van der Waals surface area (Å²) in [6, 6.07) is 9.88. The highest BCUT2D eigenvalue weighted by molar-refractivity contribution is 7.98. The van der Waals surface area contributed by atoms with Crippen molar-refractivity contribution in [3.05, 3.63) is 74.0 Å². The molecule has 27 heavy (non-hydrogen) atoms. The SMILES string of the molecule is Cc1ccc2c(CSc3nncn3CCc3cccs3)cc(=O)oc2c1C. The van der Waals surface area contributed by atoms with Gasteiger partial charge in [0.1, 0.15) is 11.9 Å². The molecule has 0 aliphatic heterocycles. The number of fused-ring (bicyclic) bond motifs is 1. The zero-order chi connectivity index (χ0) is 18.8. The molecule has 3 aromatic heterocycles. The first kappa shape index (κ1) is 18.0. The first-order chi connectivity index (χ1) is 13.1. The Labute approximate surface area is 165 Å². The third-order valence-corrected chi connectivity index (χ3v) is 6.60. The number of thiophene rings is 1. The molecule has 4 rings (SSSR count). The van der Waals surface area contributed by atoms with E-state index in [-0.39, 0.29) is 5.63 Å². The fourth-order valence-electron chi connectivity index (χ4n) is 2.98. The second-order valence-electron chi connectivity index (χ2n) is 6.40. The van der Waals surface area contributed by atoms with Crippen LogP contribution in [0.15, 0.2) is 56.4 Å². The zero-order valence-corrected chi connectivity index (χ0v) is 16.8. The first-order valence-electron chi connectivity index (χ1n) is 8.68. The summed E-state index contributed by atoms with van der Waals surface area (Å²) in [5.74, 6) is 0.641. The molecule has 5 nitrogen and oxygen atoms in total. The summed E-state index contributed by atoms with van der Waals surface area (Å²) in [5.41, 5.74) is 3.45. The van der Waals surface area contributed by atoms with Gasteiger partial charge < -0.3 is 8.98 Å². The quantitative estimate of drug-likeness (QED) is 0.352. The summed E-state index contributed by atoms with van der Waals surface area (Å²) in [5, 5.41) is 12.2.